The summed E-state index contributed by atoms with van der Waals surface area (Å²) in [6, 6.07) is 5.37. The number of amides is 1. The van der Waals surface area contributed by atoms with E-state index >= 15 is 0 Å². The number of nitro benzene ring substituents is 1. The van der Waals surface area contributed by atoms with Crippen LogP contribution in [-0.4, -0.2) is 26.4 Å². The van der Waals surface area contributed by atoms with E-state index in [1.54, 1.807) is 0 Å². The fraction of sp³-hybridized carbons (Fsp3) is 0.0833. The van der Waals surface area contributed by atoms with Gasteiger partial charge in [-0.05, 0) is 25.1 Å². The number of ketones is 1. The highest BCUT2D eigenvalue weighted by Gasteiger charge is 2.19. The number of aromatic nitrogens is 2. The Kier molecular flexibility index (Phi) is 3.30. The van der Waals surface area contributed by atoms with Gasteiger partial charge in [0.05, 0.1) is 4.92 Å². The van der Waals surface area contributed by atoms with Gasteiger partial charge in [-0.25, -0.2) is 4.68 Å². The third-order valence-electron chi connectivity index (χ3n) is 2.67. The zero-order valence-corrected chi connectivity index (χ0v) is 10.4. The van der Waals surface area contributed by atoms with Crippen LogP contribution in [0.3, 0.4) is 0 Å². The van der Waals surface area contributed by atoms with Crippen LogP contribution in [0.4, 0.5) is 5.69 Å². The maximum atomic E-state index is 11.3. The molecule has 0 saturated heterocycles. The molecule has 0 spiro atoms. The highest BCUT2D eigenvalue weighted by molar-refractivity contribution is 5.95. The molecule has 0 bridgehead atoms. The van der Waals surface area contributed by atoms with E-state index in [-0.39, 0.29) is 28.4 Å². The van der Waals surface area contributed by atoms with Gasteiger partial charge in [-0.1, -0.05) is 0 Å². The number of carbonyl (C=O) groups excluding carboxylic acids is 2. The monoisotopic (exact) mass is 274 g/mol. The van der Waals surface area contributed by atoms with Gasteiger partial charge < -0.3 is 5.73 Å². The molecule has 2 aromatic rings. The lowest BCUT2D eigenvalue weighted by Crippen LogP contribution is -2.12. The van der Waals surface area contributed by atoms with Crippen LogP contribution < -0.4 is 5.73 Å². The van der Waals surface area contributed by atoms with E-state index in [1.807, 2.05) is 0 Å². The number of nitrogens with two attached hydrogens (primary N) is 1. The predicted molar refractivity (Wildman–Crippen MR) is 68.7 cm³/mol. The summed E-state index contributed by atoms with van der Waals surface area (Å²) >= 11 is 0. The van der Waals surface area contributed by atoms with Gasteiger partial charge in [0.2, 0.25) is 0 Å². The Morgan fingerprint density at radius 3 is 2.55 bits per heavy atom. The van der Waals surface area contributed by atoms with E-state index < -0.39 is 10.8 Å². The first kappa shape index (κ1) is 13.4. The summed E-state index contributed by atoms with van der Waals surface area (Å²) in [6.07, 6.45) is 1.38. The Balaban J connectivity index is 2.57. The third kappa shape index (κ3) is 2.39. The fourth-order valence-electron chi connectivity index (χ4n) is 1.67. The van der Waals surface area contributed by atoms with Gasteiger partial charge in [-0.15, -0.1) is 0 Å². The molecule has 20 heavy (non-hydrogen) atoms. The number of nitro groups is 1. The molecule has 0 atom stereocenters. The summed E-state index contributed by atoms with van der Waals surface area (Å²) in [5, 5.41) is 14.9. The van der Waals surface area contributed by atoms with Crippen molar-refractivity contribution in [2.45, 2.75) is 6.92 Å². The van der Waals surface area contributed by atoms with Crippen LogP contribution in [0.2, 0.25) is 0 Å². The molecule has 0 aliphatic heterocycles. The Bertz CT molecular complexity index is 720. The van der Waals surface area contributed by atoms with Crippen molar-refractivity contribution in [1.29, 1.82) is 0 Å². The van der Waals surface area contributed by atoms with Crippen molar-refractivity contribution in [3.05, 3.63) is 51.8 Å². The standard InChI is InChI=1S/C12H10N4O4/c1-7(17)8-2-3-10(11(6-8)16(19)20)15-5-4-9(14-15)12(13)18/h2-6H,1H3,(H2,13,18). The Morgan fingerprint density at radius 2 is 2.05 bits per heavy atom. The average molecular weight is 274 g/mol. The predicted octanol–water partition coefficient (Wildman–Crippen LogP) is 1.08. The largest absolute Gasteiger partial charge is 0.364 e. The molecule has 1 aromatic carbocycles. The molecule has 2 N–H and O–H groups in total. The lowest BCUT2D eigenvalue weighted by molar-refractivity contribution is -0.384. The van der Waals surface area contributed by atoms with Crippen LogP contribution in [0.15, 0.2) is 30.5 Å². The molecule has 1 aromatic heterocycles. The minimum Gasteiger partial charge on any atom is -0.364 e. The molecule has 8 heteroatoms. The highest BCUT2D eigenvalue weighted by atomic mass is 16.6. The van der Waals surface area contributed by atoms with Gasteiger partial charge in [0, 0.05) is 17.8 Å². The van der Waals surface area contributed by atoms with Gasteiger partial charge in [0.1, 0.15) is 11.4 Å². The first-order valence-electron chi connectivity index (χ1n) is 5.55. The molecular weight excluding hydrogens is 264 g/mol. The van der Waals surface area contributed by atoms with Crippen molar-refractivity contribution in [2.24, 2.45) is 5.73 Å². The third-order valence-corrected chi connectivity index (χ3v) is 2.67. The molecule has 2 rings (SSSR count). The van der Waals surface area contributed by atoms with Gasteiger partial charge >= 0.3 is 0 Å². The maximum Gasteiger partial charge on any atom is 0.295 e. The number of benzene rings is 1. The summed E-state index contributed by atoms with van der Waals surface area (Å²) in [7, 11) is 0. The van der Waals surface area contributed by atoms with Gasteiger partial charge in [-0.3, -0.25) is 19.7 Å². The molecule has 1 heterocycles. The molecule has 0 fully saturated rings. The molecule has 0 aliphatic carbocycles. The molecule has 102 valence electrons. The van der Waals surface area contributed by atoms with Gasteiger partial charge in [-0.2, -0.15) is 5.10 Å². The van der Waals surface area contributed by atoms with Crippen LogP contribution in [0.1, 0.15) is 27.8 Å². The summed E-state index contributed by atoms with van der Waals surface area (Å²) in [6.45, 7) is 1.32. The van der Waals surface area contributed by atoms with Gasteiger partial charge in [0.25, 0.3) is 11.6 Å². The summed E-state index contributed by atoms with van der Waals surface area (Å²) in [5.74, 6) is -1.01. The second kappa shape index (κ2) is 4.92. The minimum atomic E-state index is -0.730. The van der Waals surface area contributed by atoms with Crippen LogP contribution in [-0.2, 0) is 0 Å². The van der Waals surface area contributed by atoms with Crippen molar-refractivity contribution in [2.75, 3.05) is 0 Å². The summed E-state index contributed by atoms with van der Waals surface area (Å²) in [5.41, 5.74) is 5.16. The number of rotatable bonds is 4. The quantitative estimate of drug-likeness (QED) is 0.508. The van der Waals surface area contributed by atoms with Crippen molar-refractivity contribution in [1.82, 2.24) is 9.78 Å². The second-order valence-electron chi connectivity index (χ2n) is 4.03. The molecule has 0 aliphatic rings. The van der Waals surface area contributed by atoms with E-state index in [4.69, 9.17) is 5.73 Å². The van der Waals surface area contributed by atoms with E-state index in [9.17, 15) is 19.7 Å². The molecule has 1 amide bonds. The van der Waals surface area contributed by atoms with Crippen molar-refractivity contribution < 1.29 is 14.5 Å². The lowest BCUT2D eigenvalue weighted by Gasteiger charge is -2.04. The lowest BCUT2D eigenvalue weighted by atomic mass is 10.1. The Labute approximate surface area is 113 Å². The van der Waals surface area contributed by atoms with Crippen LogP contribution in [0, 0.1) is 10.1 Å². The second-order valence-corrected chi connectivity index (χ2v) is 4.03. The van der Waals surface area contributed by atoms with Crippen molar-refractivity contribution in [3.63, 3.8) is 0 Å². The Morgan fingerprint density at radius 1 is 1.35 bits per heavy atom. The molecular formula is C12H10N4O4. The average Bonchev–Trinajstić information content (AvgIpc) is 2.87. The van der Waals surface area contributed by atoms with Crippen molar-refractivity contribution >= 4 is 17.4 Å². The van der Waals surface area contributed by atoms with Crippen LogP contribution >= 0.6 is 0 Å². The molecule has 0 unspecified atom stereocenters. The van der Waals surface area contributed by atoms with Gasteiger partial charge in [0.15, 0.2) is 5.78 Å². The number of hydrogen-bond donors (Lipinski definition) is 1. The first-order valence-corrected chi connectivity index (χ1v) is 5.55. The van der Waals surface area contributed by atoms with E-state index in [2.05, 4.69) is 5.10 Å². The fourth-order valence-corrected chi connectivity index (χ4v) is 1.67. The number of hydrogen-bond acceptors (Lipinski definition) is 5. The molecule has 0 radical (unpaired) electrons. The topological polar surface area (TPSA) is 121 Å². The SMILES string of the molecule is CC(=O)c1ccc(-n2ccc(C(N)=O)n2)c([N+](=O)[O-])c1. The van der Waals surface area contributed by atoms with Crippen molar-refractivity contribution in [3.8, 4) is 5.69 Å². The molecule has 0 saturated carbocycles. The maximum absolute atomic E-state index is 11.3. The zero-order chi connectivity index (χ0) is 14.9. The number of nitrogens with zero attached hydrogens (tertiary/aromatic N) is 3. The minimum absolute atomic E-state index is 0.00468. The molecule has 8 nitrogen and oxygen atoms in total. The summed E-state index contributed by atoms with van der Waals surface area (Å²) in [4.78, 5) is 32.7. The number of primary amides is 1. The normalized spacial score (nSPS) is 10.2. The number of carbonyl (C=O) groups is 2. The highest BCUT2D eigenvalue weighted by Crippen LogP contribution is 2.24. The van der Waals surface area contributed by atoms with Crippen LogP contribution in [0.5, 0.6) is 0 Å². The first-order chi connectivity index (χ1) is 9.40. The van der Waals surface area contributed by atoms with Crippen LogP contribution in [0.25, 0.3) is 5.69 Å². The van der Waals surface area contributed by atoms with E-state index in [0.717, 1.165) is 0 Å². The van der Waals surface area contributed by atoms with E-state index in [0.29, 0.717) is 0 Å². The summed E-state index contributed by atoms with van der Waals surface area (Å²) < 4.78 is 1.17. The number of Topliss-reactive ketones (excluding diaryl/α,β-unsaturated/α-hetero) is 1. The van der Waals surface area contributed by atoms with E-state index in [1.165, 1.54) is 42.1 Å². The smallest absolute Gasteiger partial charge is 0.295 e. The Hall–Kier alpha value is -3.03. The zero-order valence-electron chi connectivity index (χ0n) is 10.4.